The van der Waals surface area contributed by atoms with E-state index in [0.29, 0.717) is 21.3 Å². The van der Waals surface area contributed by atoms with Gasteiger partial charge in [0.15, 0.2) is 0 Å². The van der Waals surface area contributed by atoms with E-state index in [1.165, 1.54) is 0 Å². The van der Waals surface area contributed by atoms with Crippen molar-refractivity contribution in [2.45, 2.75) is 0 Å². The number of amides is 1. The van der Waals surface area contributed by atoms with Gasteiger partial charge in [-0.1, -0.05) is 23.2 Å². The Bertz CT molecular complexity index is 563. The van der Waals surface area contributed by atoms with Crippen LogP contribution >= 0.6 is 23.2 Å². The highest BCUT2D eigenvalue weighted by Gasteiger charge is 2.09. The number of hydrogen-bond acceptors (Lipinski definition) is 1. The largest absolute Gasteiger partial charge is 0.356 e. The fourth-order valence-electron chi connectivity index (χ4n) is 1.43. The molecule has 2 rings (SSSR count). The first kappa shape index (κ1) is 12.0. The van der Waals surface area contributed by atoms with Crippen molar-refractivity contribution in [2.24, 2.45) is 7.05 Å². The number of rotatable bonds is 2. The quantitative estimate of drug-likeness (QED) is 0.888. The van der Waals surface area contributed by atoms with Crippen LogP contribution in [0.2, 0.25) is 10.0 Å². The Morgan fingerprint density at radius 3 is 2.71 bits per heavy atom. The number of benzene rings is 1. The summed E-state index contributed by atoms with van der Waals surface area (Å²) in [4.78, 5) is 11.9. The molecule has 17 heavy (non-hydrogen) atoms. The van der Waals surface area contributed by atoms with Crippen LogP contribution in [-0.2, 0) is 7.05 Å². The van der Waals surface area contributed by atoms with Crippen molar-refractivity contribution in [1.29, 1.82) is 0 Å². The predicted molar refractivity (Wildman–Crippen MR) is 69.8 cm³/mol. The molecule has 0 spiro atoms. The van der Waals surface area contributed by atoms with E-state index < -0.39 is 0 Å². The van der Waals surface area contributed by atoms with Crippen molar-refractivity contribution in [3.8, 4) is 0 Å². The van der Waals surface area contributed by atoms with Gasteiger partial charge in [0.1, 0.15) is 0 Å². The maximum Gasteiger partial charge on any atom is 0.257 e. The van der Waals surface area contributed by atoms with Gasteiger partial charge in [-0.3, -0.25) is 4.79 Å². The summed E-state index contributed by atoms with van der Waals surface area (Å²) in [6.45, 7) is 0. The fourth-order valence-corrected chi connectivity index (χ4v) is 1.76. The first-order chi connectivity index (χ1) is 8.06. The molecule has 0 aliphatic rings. The maximum absolute atomic E-state index is 11.9. The summed E-state index contributed by atoms with van der Waals surface area (Å²) in [5.74, 6) is -0.213. The molecule has 0 bridgehead atoms. The SMILES string of the molecule is Cn1ccc(C(=O)Nc2cc(Cl)ccc2Cl)c1. The molecule has 1 aromatic heterocycles. The highest BCUT2D eigenvalue weighted by Crippen LogP contribution is 2.25. The normalized spacial score (nSPS) is 10.3. The number of nitrogens with zero attached hydrogens (tertiary/aromatic N) is 1. The van der Waals surface area contributed by atoms with Gasteiger partial charge < -0.3 is 9.88 Å². The molecule has 5 heteroatoms. The average molecular weight is 269 g/mol. The van der Waals surface area contributed by atoms with Crippen LogP contribution in [0.15, 0.2) is 36.7 Å². The van der Waals surface area contributed by atoms with E-state index in [1.54, 1.807) is 41.2 Å². The lowest BCUT2D eigenvalue weighted by molar-refractivity contribution is 0.102. The van der Waals surface area contributed by atoms with Crippen molar-refractivity contribution in [3.63, 3.8) is 0 Å². The summed E-state index contributed by atoms with van der Waals surface area (Å²) in [6.07, 6.45) is 3.53. The Morgan fingerprint density at radius 1 is 1.29 bits per heavy atom. The zero-order chi connectivity index (χ0) is 12.4. The number of carbonyl (C=O) groups excluding carboxylic acids is 1. The van der Waals surface area contributed by atoms with Crippen molar-refractivity contribution >= 4 is 34.8 Å². The molecule has 0 saturated carbocycles. The Labute approximate surface area is 109 Å². The summed E-state index contributed by atoms with van der Waals surface area (Å²) in [7, 11) is 1.85. The van der Waals surface area contributed by atoms with Gasteiger partial charge in [-0.15, -0.1) is 0 Å². The van der Waals surface area contributed by atoms with Gasteiger partial charge in [-0.2, -0.15) is 0 Å². The summed E-state index contributed by atoms with van der Waals surface area (Å²) >= 11 is 11.8. The Morgan fingerprint density at radius 2 is 2.06 bits per heavy atom. The first-order valence-corrected chi connectivity index (χ1v) is 5.70. The molecule has 0 unspecified atom stereocenters. The molecule has 1 N–H and O–H groups in total. The number of anilines is 1. The molecule has 0 aliphatic heterocycles. The molecule has 0 fully saturated rings. The van der Waals surface area contributed by atoms with Crippen LogP contribution < -0.4 is 5.32 Å². The lowest BCUT2D eigenvalue weighted by atomic mass is 10.2. The van der Waals surface area contributed by atoms with Gasteiger partial charge in [0, 0.05) is 24.5 Å². The van der Waals surface area contributed by atoms with Crippen LogP contribution in [0.4, 0.5) is 5.69 Å². The number of hydrogen-bond donors (Lipinski definition) is 1. The van der Waals surface area contributed by atoms with Gasteiger partial charge in [0.2, 0.25) is 0 Å². The molecule has 1 heterocycles. The monoisotopic (exact) mass is 268 g/mol. The average Bonchev–Trinajstić information content (AvgIpc) is 2.70. The second-order valence-corrected chi connectivity index (χ2v) is 4.49. The van der Waals surface area contributed by atoms with E-state index in [0.717, 1.165) is 0 Å². The Hall–Kier alpha value is -1.45. The van der Waals surface area contributed by atoms with Crippen LogP contribution in [-0.4, -0.2) is 10.5 Å². The van der Waals surface area contributed by atoms with E-state index in [-0.39, 0.29) is 5.91 Å². The number of aryl methyl sites for hydroxylation is 1. The third-order valence-electron chi connectivity index (χ3n) is 2.27. The summed E-state index contributed by atoms with van der Waals surface area (Å²) in [6, 6.07) is 6.66. The third-order valence-corrected chi connectivity index (χ3v) is 2.84. The van der Waals surface area contributed by atoms with Crippen molar-refractivity contribution in [1.82, 2.24) is 4.57 Å². The van der Waals surface area contributed by atoms with Crippen LogP contribution in [0.5, 0.6) is 0 Å². The molecular formula is C12H10Cl2N2O. The van der Waals surface area contributed by atoms with E-state index in [4.69, 9.17) is 23.2 Å². The molecule has 1 amide bonds. The summed E-state index contributed by atoms with van der Waals surface area (Å²) < 4.78 is 1.80. The summed E-state index contributed by atoms with van der Waals surface area (Å²) in [5, 5.41) is 3.69. The minimum Gasteiger partial charge on any atom is -0.356 e. The molecule has 1 aromatic carbocycles. The molecule has 0 atom stereocenters. The second-order valence-electron chi connectivity index (χ2n) is 3.64. The van der Waals surface area contributed by atoms with E-state index >= 15 is 0 Å². The molecule has 88 valence electrons. The molecule has 0 radical (unpaired) electrons. The van der Waals surface area contributed by atoms with Gasteiger partial charge in [0.25, 0.3) is 5.91 Å². The lowest BCUT2D eigenvalue weighted by Gasteiger charge is -2.06. The van der Waals surface area contributed by atoms with Gasteiger partial charge in [-0.25, -0.2) is 0 Å². The van der Waals surface area contributed by atoms with Gasteiger partial charge >= 0.3 is 0 Å². The highest BCUT2D eigenvalue weighted by atomic mass is 35.5. The van der Waals surface area contributed by atoms with Gasteiger partial charge in [-0.05, 0) is 24.3 Å². The Kier molecular flexibility index (Phi) is 3.41. The van der Waals surface area contributed by atoms with Crippen LogP contribution in [0.1, 0.15) is 10.4 Å². The molecule has 0 saturated heterocycles. The number of nitrogens with one attached hydrogen (secondary N) is 1. The lowest BCUT2D eigenvalue weighted by Crippen LogP contribution is -2.11. The van der Waals surface area contributed by atoms with Crippen molar-refractivity contribution < 1.29 is 4.79 Å². The zero-order valence-corrected chi connectivity index (χ0v) is 10.6. The minimum atomic E-state index is -0.213. The standard InChI is InChI=1S/C12H10Cl2N2O/c1-16-5-4-8(7-16)12(17)15-11-6-9(13)2-3-10(11)14/h2-7H,1H3,(H,15,17). The number of aromatic nitrogens is 1. The number of carbonyl (C=O) groups is 1. The van der Waals surface area contributed by atoms with Crippen molar-refractivity contribution in [2.75, 3.05) is 5.32 Å². The van der Waals surface area contributed by atoms with Crippen LogP contribution in [0.25, 0.3) is 0 Å². The fraction of sp³-hybridized carbons (Fsp3) is 0.0833. The summed E-state index contributed by atoms with van der Waals surface area (Å²) in [5.41, 5.74) is 1.08. The Balaban J connectivity index is 2.21. The molecule has 3 nitrogen and oxygen atoms in total. The van der Waals surface area contributed by atoms with Crippen LogP contribution in [0.3, 0.4) is 0 Å². The predicted octanol–water partition coefficient (Wildman–Crippen LogP) is 3.58. The van der Waals surface area contributed by atoms with Crippen molar-refractivity contribution in [3.05, 3.63) is 52.3 Å². The van der Waals surface area contributed by atoms with Gasteiger partial charge in [0.05, 0.1) is 16.3 Å². The second kappa shape index (κ2) is 4.82. The van der Waals surface area contributed by atoms with E-state index in [9.17, 15) is 4.79 Å². The van der Waals surface area contributed by atoms with E-state index in [2.05, 4.69) is 5.32 Å². The smallest absolute Gasteiger partial charge is 0.257 e. The highest BCUT2D eigenvalue weighted by molar-refractivity contribution is 6.35. The first-order valence-electron chi connectivity index (χ1n) is 4.94. The molecule has 2 aromatic rings. The van der Waals surface area contributed by atoms with E-state index in [1.807, 2.05) is 7.05 Å². The minimum absolute atomic E-state index is 0.213. The zero-order valence-electron chi connectivity index (χ0n) is 9.08. The van der Waals surface area contributed by atoms with Crippen LogP contribution in [0, 0.1) is 0 Å². The third kappa shape index (κ3) is 2.81. The number of halogens is 2. The molecular weight excluding hydrogens is 259 g/mol. The molecule has 0 aliphatic carbocycles. The topological polar surface area (TPSA) is 34.0 Å². The maximum atomic E-state index is 11.9.